The van der Waals surface area contributed by atoms with Crippen molar-refractivity contribution in [2.24, 2.45) is 0 Å². The molecule has 2 unspecified atom stereocenters. The van der Waals surface area contributed by atoms with Gasteiger partial charge in [-0.05, 0) is 31.9 Å². The number of Topliss-reactive ketones (excluding diaryl/α,β-unsaturated/α-hetero) is 1. The van der Waals surface area contributed by atoms with Gasteiger partial charge in [-0.15, -0.1) is 0 Å². The highest BCUT2D eigenvalue weighted by molar-refractivity contribution is 5.97. The number of nitrogens with one attached hydrogen (secondary N) is 2. The first kappa shape index (κ1) is 14.0. The van der Waals surface area contributed by atoms with Gasteiger partial charge in [-0.2, -0.15) is 5.10 Å². The topological polar surface area (TPSA) is 78.1 Å². The van der Waals surface area contributed by atoms with Gasteiger partial charge in [0.2, 0.25) is 0 Å². The molecule has 2 aliphatic heterocycles. The lowest BCUT2D eigenvalue weighted by atomic mass is 10.0. The highest BCUT2D eigenvalue weighted by atomic mass is 16.2. The molecule has 2 bridgehead atoms. The Labute approximate surface area is 133 Å². The Balaban J connectivity index is 1.57. The molecule has 1 fully saturated rings. The summed E-state index contributed by atoms with van der Waals surface area (Å²) in [6.45, 7) is 1.52. The minimum atomic E-state index is -0.106. The third-order valence-corrected chi connectivity index (χ3v) is 4.81. The fraction of sp³-hybridized carbons (Fsp3) is 0.353. The number of carbonyl (C=O) groups excluding carboxylic acids is 2. The van der Waals surface area contributed by atoms with Gasteiger partial charge < -0.3 is 10.2 Å². The van der Waals surface area contributed by atoms with E-state index >= 15 is 0 Å². The van der Waals surface area contributed by atoms with Crippen LogP contribution in [0.2, 0.25) is 0 Å². The van der Waals surface area contributed by atoms with Crippen molar-refractivity contribution in [2.45, 2.75) is 38.3 Å². The highest BCUT2D eigenvalue weighted by Crippen LogP contribution is 2.43. The number of urea groups is 1. The van der Waals surface area contributed by atoms with E-state index in [4.69, 9.17) is 0 Å². The van der Waals surface area contributed by atoms with Crippen LogP contribution < -0.4 is 5.32 Å². The Kier molecular flexibility index (Phi) is 3.18. The molecular formula is C17H18N4O2. The lowest BCUT2D eigenvalue weighted by molar-refractivity contribution is 0.101. The van der Waals surface area contributed by atoms with E-state index in [0.29, 0.717) is 11.3 Å². The first-order valence-electron chi connectivity index (χ1n) is 7.86. The summed E-state index contributed by atoms with van der Waals surface area (Å²) in [6.07, 6.45) is 4.64. The van der Waals surface area contributed by atoms with Crippen molar-refractivity contribution in [3.05, 3.63) is 47.3 Å². The van der Waals surface area contributed by atoms with Gasteiger partial charge in [0.05, 0.1) is 12.2 Å². The van der Waals surface area contributed by atoms with Crippen LogP contribution in [0.4, 0.5) is 10.5 Å². The minimum Gasteiger partial charge on any atom is -0.314 e. The van der Waals surface area contributed by atoms with Crippen molar-refractivity contribution in [3.63, 3.8) is 0 Å². The second-order valence-electron chi connectivity index (χ2n) is 6.23. The van der Waals surface area contributed by atoms with Crippen LogP contribution in [0.1, 0.15) is 47.4 Å². The van der Waals surface area contributed by atoms with Crippen molar-refractivity contribution in [2.75, 3.05) is 5.32 Å². The van der Waals surface area contributed by atoms with E-state index < -0.39 is 0 Å². The number of anilines is 1. The molecule has 3 heterocycles. The largest absolute Gasteiger partial charge is 0.322 e. The van der Waals surface area contributed by atoms with E-state index in [-0.39, 0.29) is 23.9 Å². The summed E-state index contributed by atoms with van der Waals surface area (Å²) in [7, 11) is 0. The van der Waals surface area contributed by atoms with Crippen LogP contribution in [0, 0.1) is 0 Å². The quantitative estimate of drug-likeness (QED) is 0.837. The fourth-order valence-electron chi connectivity index (χ4n) is 3.71. The number of aromatic nitrogens is 2. The van der Waals surface area contributed by atoms with E-state index in [1.807, 2.05) is 11.1 Å². The van der Waals surface area contributed by atoms with E-state index in [2.05, 4.69) is 15.5 Å². The van der Waals surface area contributed by atoms with Crippen molar-refractivity contribution in [1.29, 1.82) is 0 Å². The van der Waals surface area contributed by atoms with Crippen molar-refractivity contribution in [1.82, 2.24) is 15.1 Å². The molecule has 2 aromatic rings. The van der Waals surface area contributed by atoms with Crippen LogP contribution in [-0.4, -0.2) is 33.0 Å². The van der Waals surface area contributed by atoms with E-state index in [1.54, 1.807) is 24.3 Å². The van der Waals surface area contributed by atoms with Crippen LogP contribution >= 0.6 is 0 Å². The standard InChI is InChI=1S/C17H18N4O2/c1-10(22)11-3-2-4-12(7-11)19-17(23)21-13-5-6-16(21)14-9-18-20-15(14)8-13/h2-4,7,9,13,16H,5-6,8H2,1H3,(H,18,20)(H,19,23). The molecule has 0 spiro atoms. The zero-order valence-corrected chi connectivity index (χ0v) is 12.9. The predicted molar refractivity (Wildman–Crippen MR) is 85.4 cm³/mol. The smallest absolute Gasteiger partial charge is 0.314 e. The van der Waals surface area contributed by atoms with Gasteiger partial charge in [-0.1, -0.05) is 12.1 Å². The summed E-state index contributed by atoms with van der Waals surface area (Å²) >= 11 is 0. The summed E-state index contributed by atoms with van der Waals surface area (Å²) in [6, 6.07) is 7.26. The first-order valence-corrected chi connectivity index (χ1v) is 7.86. The third-order valence-electron chi connectivity index (χ3n) is 4.81. The molecule has 2 amide bonds. The highest BCUT2D eigenvalue weighted by Gasteiger charge is 2.43. The number of benzene rings is 1. The summed E-state index contributed by atoms with van der Waals surface area (Å²) in [5, 5.41) is 10.1. The third kappa shape index (κ3) is 2.30. The number of ketones is 1. The van der Waals surface area contributed by atoms with Crippen molar-refractivity contribution in [3.8, 4) is 0 Å². The summed E-state index contributed by atoms with van der Waals surface area (Å²) in [4.78, 5) is 26.1. The second kappa shape index (κ2) is 5.22. The Morgan fingerprint density at radius 1 is 1.35 bits per heavy atom. The van der Waals surface area contributed by atoms with Gasteiger partial charge in [-0.3, -0.25) is 9.89 Å². The van der Waals surface area contributed by atoms with Gasteiger partial charge in [0, 0.05) is 35.0 Å². The molecule has 118 valence electrons. The Bertz CT molecular complexity index is 782. The second-order valence-corrected chi connectivity index (χ2v) is 6.23. The Hall–Kier alpha value is -2.63. The SMILES string of the molecule is CC(=O)c1cccc(NC(=O)N2C3CCC2c2cn[nH]c2C3)c1. The number of carbonyl (C=O) groups is 2. The maximum atomic E-state index is 12.7. The lowest BCUT2D eigenvalue weighted by Gasteiger charge is -2.34. The molecule has 1 aromatic carbocycles. The monoisotopic (exact) mass is 310 g/mol. The molecule has 0 saturated carbocycles. The number of hydrogen-bond donors (Lipinski definition) is 2. The van der Waals surface area contributed by atoms with Crippen LogP contribution in [0.5, 0.6) is 0 Å². The van der Waals surface area contributed by atoms with Crippen LogP contribution in [0.25, 0.3) is 0 Å². The number of aromatic amines is 1. The molecule has 2 aliphatic rings. The summed E-state index contributed by atoms with van der Waals surface area (Å²) in [5.74, 6) is -0.0119. The molecule has 4 rings (SSSR count). The van der Waals surface area contributed by atoms with Gasteiger partial charge >= 0.3 is 6.03 Å². The molecule has 1 saturated heterocycles. The molecule has 0 aliphatic carbocycles. The molecule has 1 aromatic heterocycles. The van der Waals surface area contributed by atoms with Gasteiger partial charge in [-0.25, -0.2) is 4.79 Å². The predicted octanol–water partition coefficient (Wildman–Crippen LogP) is 2.91. The number of amides is 2. The molecule has 2 atom stereocenters. The number of rotatable bonds is 2. The zero-order chi connectivity index (χ0) is 16.0. The Morgan fingerprint density at radius 3 is 3.04 bits per heavy atom. The summed E-state index contributed by atoms with van der Waals surface area (Å²) < 4.78 is 0. The lowest BCUT2D eigenvalue weighted by Crippen LogP contribution is -2.44. The van der Waals surface area contributed by atoms with E-state index in [0.717, 1.165) is 30.5 Å². The van der Waals surface area contributed by atoms with Crippen molar-refractivity contribution >= 4 is 17.5 Å². The summed E-state index contributed by atoms with van der Waals surface area (Å²) in [5.41, 5.74) is 3.54. The van der Waals surface area contributed by atoms with Gasteiger partial charge in [0.1, 0.15) is 0 Å². The van der Waals surface area contributed by atoms with E-state index in [1.165, 1.54) is 6.92 Å². The average molecular weight is 310 g/mol. The maximum Gasteiger partial charge on any atom is 0.322 e. The number of H-pyrrole nitrogens is 1. The van der Waals surface area contributed by atoms with Crippen LogP contribution in [-0.2, 0) is 6.42 Å². The normalized spacial score (nSPS) is 21.9. The van der Waals surface area contributed by atoms with Crippen molar-refractivity contribution < 1.29 is 9.59 Å². The fourth-order valence-corrected chi connectivity index (χ4v) is 3.71. The molecule has 0 radical (unpaired) electrons. The average Bonchev–Trinajstić information content (AvgIpc) is 3.12. The molecule has 23 heavy (non-hydrogen) atoms. The van der Waals surface area contributed by atoms with Crippen LogP contribution in [0.3, 0.4) is 0 Å². The van der Waals surface area contributed by atoms with Gasteiger partial charge in [0.25, 0.3) is 0 Å². The Morgan fingerprint density at radius 2 is 2.22 bits per heavy atom. The van der Waals surface area contributed by atoms with E-state index in [9.17, 15) is 9.59 Å². The molecule has 6 nitrogen and oxygen atoms in total. The van der Waals surface area contributed by atoms with Gasteiger partial charge in [0.15, 0.2) is 5.78 Å². The number of hydrogen-bond acceptors (Lipinski definition) is 3. The number of fused-ring (bicyclic) bond motifs is 4. The minimum absolute atomic E-state index is 0.0119. The number of nitrogens with zero attached hydrogens (tertiary/aromatic N) is 2. The zero-order valence-electron chi connectivity index (χ0n) is 12.9. The maximum absolute atomic E-state index is 12.7. The first-order chi connectivity index (χ1) is 11.1. The molecular weight excluding hydrogens is 292 g/mol. The molecule has 6 heteroatoms. The van der Waals surface area contributed by atoms with Crippen LogP contribution in [0.15, 0.2) is 30.5 Å². The molecule has 2 N–H and O–H groups in total.